The molecule has 3 heterocycles. The van der Waals surface area contributed by atoms with Crippen molar-refractivity contribution in [1.82, 2.24) is 25.2 Å². The zero-order chi connectivity index (χ0) is 19.0. The second-order valence-corrected chi connectivity index (χ2v) is 7.18. The number of tetrazole rings is 1. The van der Waals surface area contributed by atoms with Crippen molar-refractivity contribution in [3.63, 3.8) is 0 Å². The lowest BCUT2D eigenvalue weighted by atomic mass is 9.87. The maximum Gasteiger partial charge on any atom is 0.200 e. The van der Waals surface area contributed by atoms with E-state index in [1.165, 1.54) is 12.1 Å². The molecule has 0 bridgehead atoms. The van der Waals surface area contributed by atoms with Crippen LogP contribution in [0.25, 0.3) is 22.6 Å². The van der Waals surface area contributed by atoms with Gasteiger partial charge in [-0.15, -0.1) is 5.10 Å². The molecule has 3 aromatic rings. The van der Waals surface area contributed by atoms with E-state index in [9.17, 15) is 9.50 Å². The fourth-order valence-electron chi connectivity index (χ4n) is 3.80. The minimum atomic E-state index is -0.283. The molecular weight excluding hydrogens is 345 g/mol. The molecular formula is C20H22FN5O. The van der Waals surface area contributed by atoms with E-state index < -0.39 is 0 Å². The minimum Gasteiger partial charge on any atom is -0.392 e. The normalized spacial score (nSPS) is 13.8. The van der Waals surface area contributed by atoms with Crippen molar-refractivity contribution < 1.29 is 9.50 Å². The number of aromatic nitrogens is 5. The van der Waals surface area contributed by atoms with Crippen molar-refractivity contribution in [3.05, 3.63) is 46.9 Å². The van der Waals surface area contributed by atoms with Gasteiger partial charge in [-0.1, -0.05) is 26.0 Å². The third kappa shape index (κ3) is 3.12. The molecule has 0 fully saturated rings. The smallest absolute Gasteiger partial charge is 0.200 e. The van der Waals surface area contributed by atoms with E-state index in [0.29, 0.717) is 5.82 Å². The molecule has 1 aliphatic rings. The van der Waals surface area contributed by atoms with E-state index in [1.54, 1.807) is 16.8 Å². The van der Waals surface area contributed by atoms with Gasteiger partial charge < -0.3 is 5.11 Å². The molecule has 0 spiro atoms. The summed E-state index contributed by atoms with van der Waals surface area (Å²) in [6.45, 7) is 4.74. The molecule has 1 aromatic carbocycles. The van der Waals surface area contributed by atoms with Gasteiger partial charge in [0, 0.05) is 17.8 Å². The summed E-state index contributed by atoms with van der Waals surface area (Å²) in [6.07, 6.45) is 2.74. The highest BCUT2D eigenvalue weighted by Crippen LogP contribution is 2.38. The van der Waals surface area contributed by atoms with Crippen LogP contribution in [0.1, 0.15) is 49.4 Å². The third-order valence-corrected chi connectivity index (χ3v) is 5.06. The van der Waals surface area contributed by atoms with Crippen LogP contribution in [0.2, 0.25) is 0 Å². The van der Waals surface area contributed by atoms with Gasteiger partial charge in [0.05, 0.1) is 6.61 Å². The molecule has 0 radical (unpaired) electrons. The molecule has 7 heteroatoms. The monoisotopic (exact) mass is 367 g/mol. The van der Waals surface area contributed by atoms with Crippen LogP contribution in [0.3, 0.4) is 0 Å². The highest BCUT2D eigenvalue weighted by atomic mass is 19.1. The fraction of sp³-hybridized carbons (Fsp3) is 0.400. The van der Waals surface area contributed by atoms with Gasteiger partial charge in [-0.2, -0.15) is 0 Å². The van der Waals surface area contributed by atoms with Gasteiger partial charge in [-0.05, 0) is 64.4 Å². The quantitative estimate of drug-likeness (QED) is 0.767. The molecule has 6 nitrogen and oxygen atoms in total. The number of aliphatic hydroxyl groups excluding tert-OH is 1. The maximum atomic E-state index is 13.5. The predicted molar refractivity (Wildman–Crippen MR) is 99.4 cm³/mol. The highest BCUT2D eigenvalue weighted by molar-refractivity contribution is 5.78. The Labute approximate surface area is 157 Å². The Hall–Kier alpha value is -2.67. The summed E-state index contributed by atoms with van der Waals surface area (Å²) in [7, 11) is 0. The first kappa shape index (κ1) is 17.7. The Morgan fingerprint density at radius 2 is 1.96 bits per heavy atom. The molecule has 27 heavy (non-hydrogen) atoms. The van der Waals surface area contributed by atoms with Crippen LogP contribution in [0.4, 0.5) is 4.39 Å². The number of pyridine rings is 1. The lowest BCUT2D eigenvalue weighted by Crippen LogP contribution is -2.14. The molecule has 0 aliphatic carbocycles. The number of rotatable bonds is 3. The summed E-state index contributed by atoms with van der Waals surface area (Å²) < 4.78 is 15.3. The summed E-state index contributed by atoms with van der Waals surface area (Å²) in [6, 6.07) is 6.42. The van der Waals surface area contributed by atoms with Crippen molar-refractivity contribution in [1.29, 1.82) is 0 Å². The van der Waals surface area contributed by atoms with Gasteiger partial charge in [-0.3, -0.25) is 0 Å². The van der Waals surface area contributed by atoms with Crippen LogP contribution >= 0.6 is 0 Å². The van der Waals surface area contributed by atoms with Crippen molar-refractivity contribution in [2.45, 2.75) is 52.2 Å². The van der Waals surface area contributed by atoms with E-state index in [0.717, 1.165) is 59.4 Å². The first-order chi connectivity index (χ1) is 13.1. The van der Waals surface area contributed by atoms with Crippen LogP contribution in [-0.4, -0.2) is 30.3 Å². The Kier molecular flexibility index (Phi) is 4.70. The van der Waals surface area contributed by atoms with Crippen LogP contribution in [0.15, 0.2) is 24.3 Å². The number of aryl methyl sites for hydroxylation is 1. The molecule has 0 atom stereocenters. The number of hydrogen-bond donors (Lipinski definition) is 1. The van der Waals surface area contributed by atoms with E-state index in [-0.39, 0.29) is 18.3 Å². The van der Waals surface area contributed by atoms with Crippen LogP contribution in [0, 0.1) is 5.82 Å². The molecule has 1 aliphatic heterocycles. The Balaban J connectivity index is 2.08. The SMILES string of the molecule is CC(C)c1nc2c(c(-c3ccc(F)cc3)c1CO)CCCCn1nnnc1-2. The second-order valence-electron chi connectivity index (χ2n) is 7.18. The van der Waals surface area contributed by atoms with Gasteiger partial charge in [0.15, 0.2) is 0 Å². The lowest BCUT2D eigenvalue weighted by Gasteiger charge is -2.23. The van der Waals surface area contributed by atoms with Gasteiger partial charge >= 0.3 is 0 Å². The van der Waals surface area contributed by atoms with E-state index >= 15 is 0 Å². The van der Waals surface area contributed by atoms with Gasteiger partial charge in [0.1, 0.15) is 11.5 Å². The van der Waals surface area contributed by atoms with E-state index in [2.05, 4.69) is 15.5 Å². The molecule has 0 saturated heterocycles. The maximum absolute atomic E-state index is 13.5. The predicted octanol–water partition coefficient (Wildman–Crippen LogP) is 3.49. The van der Waals surface area contributed by atoms with Crippen LogP contribution in [-0.2, 0) is 19.6 Å². The van der Waals surface area contributed by atoms with Crippen molar-refractivity contribution in [2.75, 3.05) is 0 Å². The average molecular weight is 367 g/mol. The molecule has 140 valence electrons. The van der Waals surface area contributed by atoms with Crippen molar-refractivity contribution in [3.8, 4) is 22.6 Å². The molecule has 4 rings (SSSR count). The summed E-state index contributed by atoms with van der Waals surface area (Å²) in [4.78, 5) is 4.91. The summed E-state index contributed by atoms with van der Waals surface area (Å²) >= 11 is 0. The van der Waals surface area contributed by atoms with Crippen LogP contribution in [0.5, 0.6) is 0 Å². The summed E-state index contributed by atoms with van der Waals surface area (Å²) in [5.41, 5.74) is 5.22. The first-order valence-corrected chi connectivity index (χ1v) is 9.29. The van der Waals surface area contributed by atoms with Gasteiger partial charge in [0.2, 0.25) is 5.82 Å². The van der Waals surface area contributed by atoms with Gasteiger partial charge in [0.25, 0.3) is 0 Å². The number of halogens is 1. The van der Waals surface area contributed by atoms with E-state index in [4.69, 9.17) is 4.98 Å². The molecule has 0 saturated carbocycles. The number of fused-ring (bicyclic) bond motifs is 3. The zero-order valence-corrected chi connectivity index (χ0v) is 15.5. The number of benzene rings is 1. The average Bonchev–Trinajstić information content (AvgIpc) is 3.10. The Morgan fingerprint density at radius 3 is 2.67 bits per heavy atom. The topological polar surface area (TPSA) is 76.7 Å². The standard InChI is InChI=1S/C20H22FN5O/c1-12(2)18-16(11-27)17(13-6-8-14(21)9-7-13)15-5-3-4-10-26-20(19(15)22-18)23-24-25-26/h6-9,12,27H,3-5,10-11H2,1-2H3. The molecule has 2 aromatic heterocycles. The molecule has 0 unspecified atom stereocenters. The van der Waals surface area contributed by atoms with Crippen molar-refractivity contribution in [2.24, 2.45) is 0 Å². The van der Waals surface area contributed by atoms with Gasteiger partial charge in [-0.25, -0.2) is 14.1 Å². The second kappa shape index (κ2) is 7.15. The summed E-state index contributed by atoms with van der Waals surface area (Å²) in [5.74, 6) is 0.486. The molecule has 0 amide bonds. The molecule has 1 N–H and O–H groups in total. The number of hydrogen-bond acceptors (Lipinski definition) is 5. The highest BCUT2D eigenvalue weighted by Gasteiger charge is 2.26. The largest absolute Gasteiger partial charge is 0.392 e. The Morgan fingerprint density at radius 1 is 1.19 bits per heavy atom. The van der Waals surface area contributed by atoms with Crippen LogP contribution < -0.4 is 0 Å². The van der Waals surface area contributed by atoms with E-state index in [1.807, 2.05) is 13.8 Å². The summed E-state index contributed by atoms with van der Waals surface area (Å²) in [5, 5.41) is 22.4. The van der Waals surface area contributed by atoms with Crippen molar-refractivity contribution >= 4 is 0 Å². The fourth-order valence-corrected chi connectivity index (χ4v) is 3.80. The first-order valence-electron chi connectivity index (χ1n) is 9.29. The third-order valence-electron chi connectivity index (χ3n) is 5.06. The number of aliphatic hydroxyl groups is 1. The Bertz CT molecular complexity index is 965. The lowest BCUT2D eigenvalue weighted by molar-refractivity contribution is 0.280. The number of nitrogens with zero attached hydrogens (tertiary/aromatic N) is 5. The minimum absolute atomic E-state index is 0.117. The zero-order valence-electron chi connectivity index (χ0n) is 15.5.